The highest BCUT2D eigenvalue weighted by molar-refractivity contribution is 7.79. The zero-order valence-corrected chi connectivity index (χ0v) is 10.0. The molecule has 12 heteroatoms. The van der Waals surface area contributed by atoms with Gasteiger partial charge in [0.1, 0.15) is 24.4 Å². The van der Waals surface area contributed by atoms with Crippen molar-refractivity contribution in [2.24, 2.45) is 0 Å². The molecule has 4 atom stereocenters. The van der Waals surface area contributed by atoms with Crippen molar-refractivity contribution in [3.63, 3.8) is 0 Å². The Morgan fingerprint density at radius 2 is 0.944 bits per heavy atom. The third kappa shape index (κ3) is 13.7. The van der Waals surface area contributed by atoms with Crippen LogP contribution in [0.15, 0.2) is 0 Å². The Hall–Kier alpha value is -0.410. The normalized spacial score (nSPS) is 17.6. The van der Waals surface area contributed by atoms with Crippen LogP contribution in [0.3, 0.4) is 0 Å². The van der Waals surface area contributed by atoms with E-state index in [1.807, 2.05) is 0 Å². The summed E-state index contributed by atoms with van der Waals surface area (Å²) >= 11 is 0. The summed E-state index contributed by atoms with van der Waals surface area (Å²) in [5.74, 6) is 0. The van der Waals surface area contributed by atoms with Crippen molar-refractivity contribution in [3.05, 3.63) is 0 Å². The summed E-state index contributed by atoms with van der Waals surface area (Å²) < 4.78 is 31.6. The highest BCUT2D eigenvalue weighted by atomic mass is 32.3. The molecule has 114 valence electrons. The summed E-state index contributed by atoms with van der Waals surface area (Å²) in [4.78, 5) is 0. The number of aliphatic hydroxyl groups is 6. The van der Waals surface area contributed by atoms with Crippen LogP contribution in [-0.2, 0) is 10.4 Å². The van der Waals surface area contributed by atoms with E-state index in [0.717, 1.165) is 0 Å². The van der Waals surface area contributed by atoms with E-state index in [2.05, 4.69) is 0 Å². The average Bonchev–Trinajstić information content (AvgIpc) is 2.22. The molecule has 11 N–H and O–H groups in total. The number of aliphatic hydroxyl groups excluding tert-OH is 6. The van der Waals surface area contributed by atoms with Crippen LogP contribution in [0.2, 0.25) is 0 Å². The van der Waals surface area contributed by atoms with Gasteiger partial charge in [-0.15, -0.1) is 0 Å². The van der Waals surface area contributed by atoms with E-state index in [0.29, 0.717) is 0 Å². The molecule has 0 aliphatic rings. The van der Waals surface area contributed by atoms with Crippen LogP contribution in [0.5, 0.6) is 0 Å². The van der Waals surface area contributed by atoms with Gasteiger partial charge in [0.05, 0.1) is 13.2 Å². The van der Waals surface area contributed by atoms with Gasteiger partial charge in [0.25, 0.3) is 0 Å². The molecule has 0 bridgehead atoms. The Morgan fingerprint density at radius 3 is 1.06 bits per heavy atom. The van der Waals surface area contributed by atoms with Crippen molar-refractivity contribution < 1.29 is 48.2 Å². The molecule has 0 aromatic heterocycles. The third-order valence-electron chi connectivity index (χ3n) is 1.51. The summed E-state index contributed by atoms with van der Waals surface area (Å²) in [7, 11) is -4.67. The first-order valence-electron chi connectivity index (χ1n) is 4.18. The van der Waals surface area contributed by atoms with Gasteiger partial charge in [0.2, 0.25) is 0 Å². The predicted molar refractivity (Wildman–Crippen MR) is 57.4 cm³/mol. The monoisotopic (exact) mass is 297 g/mol. The van der Waals surface area contributed by atoms with E-state index in [1.165, 1.54) is 0 Å². The highest BCUT2D eigenvalue weighted by Gasteiger charge is 2.29. The van der Waals surface area contributed by atoms with Gasteiger partial charge in [-0.2, -0.15) is 8.42 Å². The molecule has 0 radical (unpaired) electrons. The van der Waals surface area contributed by atoms with Crippen LogP contribution < -0.4 is 6.15 Å². The van der Waals surface area contributed by atoms with Crippen LogP contribution in [0, 0.1) is 0 Å². The van der Waals surface area contributed by atoms with E-state index in [1.54, 1.807) is 0 Å². The van der Waals surface area contributed by atoms with Crippen LogP contribution in [-0.4, -0.2) is 85.8 Å². The molecule has 0 spiro atoms. The zero-order chi connectivity index (χ0) is 14.2. The van der Waals surface area contributed by atoms with Crippen LogP contribution >= 0.6 is 0 Å². The quantitative estimate of drug-likeness (QED) is 0.221. The van der Waals surface area contributed by atoms with Crippen molar-refractivity contribution in [2.45, 2.75) is 24.4 Å². The SMILES string of the molecule is N.O=S(=O)(O)O.OC[C@@H](O)[C@@H](O)[C@H](O)[C@@H](O)CO. The maximum absolute atomic E-state index is 8.96. The van der Waals surface area contributed by atoms with E-state index >= 15 is 0 Å². The first-order valence-corrected chi connectivity index (χ1v) is 5.58. The lowest BCUT2D eigenvalue weighted by Crippen LogP contribution is -2.46. The second-order valence-corrected chi connectivity index (χ2v) is 3.82. The third-order valence-corrected chi connectivity index (χ3v) is 1.51. The molecule has 0 aliphatic heterocycles. The largest absolute Gasteiger partial charge is 0.394 e. The van der Waals surface area contributed by atoms with Crippen molar-refractivity contribution in [3.8, 4) is 0 Å². The minimum atomic E-state index is -4.67. The summed E-state index contributed by atoms with van der Waals surface area (Å²) in [6.45, 7) is -1.45. The lowest BCUT2D eigenvalue weighted by atomic mass is 10.0. The van der Waals surface area contributed by atoms with Crippen molar-refractivity contribution in [1.82, 2.24) is 6.15 Å². The molecule has 0 fully saturated rings. The minimum Gasteiger partial charge on any atom is -0.394 e. The Morgan fingerprint density at radius 1 is 0.778 bits per heavy atom. The van der Waals surface area contributed by atoms with Gasteiger partial charge in [-0.05, 0) is 0 Å². The molecule has 0 aliphatic carbocycles. The van der Waals surface area contributed by atoms with Gasteiger partial charge >= 0.3 is 10.4 Å². The van der Waals surface area contributed by atoms with Gasteiger partial charge in [-0.1, -0.05) is 0 Å². The Bertz CT molecular complexity index is 260. The number of rotatable bonds is 5. The van der Waals surface area contributed by atoms with Crippen LogP contribution in [0.25, 0.3) is 0 Å². The molecule has 0 saturated carbocycles. The highest BCUT2D eigenvalue weighted by Crippen LogP contribution is 2.03. The molecule has 0 rings (SSSR count). The van der Waals surface area contributed by atoms with E-state index in [9.17, 15) is 0 Å². The van der Waals surface area contributed by atoms with Gasteiger partial charge in [-0.3, -0.25) is 9.11 Å². The summed E-state index contributed by atoms with van der Waals surface area (Å²) in [6.07, 6.45) is -6.39. The maximum Gasteiger partial charge on any atom is 0.394 e. The smallest absolute Gasteiger partial charge is 0.394 e. The first kappa shape index (κ1) is 22.7. The fourth-order valence-electron chi connectivity index (χ4n) is 0.671. The number of hydrogen-bond acceptors (Lipinski definition) is 9. The Kier molecular flexibility index (Phi) is 13.3. The van der Waals surface area contributed by atoms with Gasteiger partial charge in [0.15, 0.2) is 0 Å². The predicted octanol–water partition coefficient (Wildman–Crippen LogP) is -4.08. The van der Waals surface area contributed by atoms with Crippen molar-refractivity contribution in [2.75, 3.05) is 13.2 Å². The van der Waals surface area contributed by atoms with E-state index in [-0.39, 0.29) is 6.15 Å². The molecular weight excluding hydrogens is 278 g/mol. The topological polar surface area (TPSA) is 231 Å². The molecule has 0 saturated heterocycles. The van der Waals surface area contributed by atoms with Gasteiger partial charge < -0.3 is 36.8 Å². The molecule has 0 aromatic carbocycles. The Balaban J connectivity index is -0.000000321. The molecule has 18 heavy (non-hydrogen) atoms. The van der Waals surface area contributed by atoms with Crippen LogP contribution in [0.1, 0.15) is 0 Å². The van der Waals surface area contributed by atoms with Gasteiger partial charge in [-0.25, -0.2) is 0 Å². The summed E-state index contributed by atoms with van der Waals surface area (Å²) in [6, 6.07) is 0. The first-order chi connectivity index (χ1) is 7.54. The fourth-order valence-corrected chi connectivity index (χ4v) is 0.671. The van der Waals surface area contributed by atoms with Crippen LogP contribution in [0.4, 0.5) is 0 Å². The minimum absolute atomic E-state index is 0. The summed E-state index contributed by atoms with van der Waals surface area (Å²) in [5, 5.41) is 52.2. The fraction of sp³-hybridized carbons (Fsp3) is 1.00. The molecule has 0 unspecified atom stereocenters. The second kappa shape index (κ2) is 10.5. The van der Waals surface area contributed by atoms with E-state index in [4.69, 9.17) is 48.2 Å². The molecule has 0 aromatic rings. The molecule has 0 heterocycles. The zero-order valence-electron chi connectivity index (χ0n) is 9.23. The maximum atomic E-state index is 8.96. The lowest BCUT2D eigenvalue weighted by Gasteiger charge is -2.24. The molecule has 11 nitrogen and oxygen atoms in total. The Labute approximate surface area is 103 Å². The van der Waals surface area contributed by atoms with Crippen molar-refractivity contribution >= 4 is 10.4 Å². The van der Waals surface area contributed by atoms with Crippen molar-refractivity contribution in [1.29, 1.82) is 0 Å². The summed E-state index contributed by atoms with van der Waals surface area (Å²) in [5.41, 5.74) is 0. The molecule has 0 amide bonds. The number of hydrogen-bond donors (Lipinski definition) is 9. The standard InChI is InChI=1S/C6H14O6.H3N.H2O4S/c7-1-3(9)5(11)6(12)4(10)2-8;;1-5(2,3)4/h3-12H,1-2H2;1H3;(H2,1,2,3,4)/t3-,4+,5-,6-;;/m1../s1. The molecular formula is C6H19NO10S. The average molecular weight is 297 g/mol. The van der Waals surface area contributed by atoms with Gasteiger partial charge in [0, 0.05) is 0 Å². The van der Waals surface area contributed by atoms with E-state index < -0.39 is 48.0 Å². The lowest BCUT2D eigenvalue weighted by molar-refractivity contribution is -0.123. The second-order valence-electron chi connectivity index (χ2n) is 2.93.